The van der Waals surface area contributed by atoms with Crippen molar-refractivity contribution in [2.45, 2.75) is 64.3 Å². The Morgan fingerprint density at radius 3 is 2.43 bits per heavy atom. The largest absolute Gasteiger partial charge is 0.271 e. The normalized spacial score (nSPS) is 28.7. The second kappa shape index (κ2) is 4.19. The fourth-order valence-electron chi connectivity index (χ4n) is 2.95. The summed E-state index contributed by atoms with van der Waals surface area (Å²) >= 11 is 0. The van der Waals surface area contributed by atoms with Crippen LogP contribution in [0.15, 0.2) is 0 Å². The monoisotopic (exact) mass is 196 g/mol. The fourth-order valence-corrected chi connectivity index (χ4v) is 2.95. The van der Waals surface area contributed by atoms with Gasteiger partial charge in [-0.05, 0) is 30.6 Å². The summed E-state index contributed by atoms with van der Waals surface area (Å²) in [5, 5.41) is 0. The standard InChI is InChI=1S/C12H24N2/c1-12(7-3-2-4-8-12)11(14-13)9-10-5-6-10/h10-11,14H,2-9,13H2,1H3. The fraction of sp³-hybridized carbons (Fsp3) is 1.00. The molecule has 0 aromatic carbocycles. The van der Waals surface area contributed by atoms with Crippen molar-refractivity contribution in [3.8, 4) is 0 Å². The lowest BCUT2D eigenvalue weighted by Gasteiger charge is -2.40. The number of hydrogen-bond donors (Lipinski definition) is 2. The third-order valence-electron chi connectivity index (χ3n) is 4.30. The van der Waals surface area contributed by atoms with E-state index in [1.807, 2.05) is 0 Å². The minimum atomic E-state index is 0.482. The Labute approximate surface area is 87.6 Å². The van der Waals surface area contributed by atoms with E-state index in [0.29, 0.717) is 11.5 Å². The quantitative estimate of drug-likeness (QED) is 0.536. The number of hydrazine groups is 1. The lowest BCUT2D eigenvalue weighted by molar-refractivity contribution is 0.134. The van der Waals surface area contributed by atoms with E-state index in [9.17, 15) is 0 Å². The highest BCUT2D eigenvalue weighted by molar-refractivity contribution is 4.92. The van der Waals surface area contributed by atoms with Crippen molar-refractivity contribution in [2.24, 2.45) is 17.2 Å². The molecule has 0 heterocycles. The van der Waals surface area contributed by atoms with E-state index in [1.165, 1.54) is 51.4 Å². The van der Waals surface area contributed by atoms with E-state index < -0.39 is 0 Å². The third kappa shape index (κ3) is 2.29. The first kappa shape index (κ1) is 10.4. The van der Waals surface area contributed by atoms with Crippen LogP contribution in [0.4, 0.5) is 0 Å². The zero-order valence-corrected chi connectivity index (χ0v) is 9.39. The van der Waals surface area contributed by atoms with Gasteiger partial charge in [0.25, 0.3) is 0 Å². The first-order valence-corrected chi connectivity index (χ1v) is 6.21. The van der Waals surface area contributed by atoms with Crippen LogP contribution in [0.5, 0.6) is 0 Å². The molecule has 1 atom stereocenters. The Morgan fingerprint density at radius 1 is 1.29 bits per heavy atom. The maximum absolute atomic E-state index is 5.71. The summed E-state index contributed by atoms with van der Waals surface area (Å²) in [5.41, 5.74) is 3.57. The highest BCUT2D eigenvalue weighted by Gasteiger charge is 2.37. The first-order valence-electron chi connectivity index (χ1n) is 6.21. The molecule has 0 amide bonds. The number of nitrogens with two attached hydrogens (primary N) is 1. The van der Waals surface area contributed by atoms with Crippen molar-refractivity contribution < 1.29 is 0 Å². The highest BCUT2D eigenvalue weighted by atomic mass is 15.2. The van der Waals surface area contributed by atoms with Gasteiger partial charge in [-0.25, -0.2) is 0 Å². The topological polar surface area (TPSA) is 38.0 Å². The van der Waals surface area contributed by atoms with E-state index in [4.69, 9.17) is 5.84 Å². The zero-order valence-electron chi connectivity index (χ0n) is 9.39. The van der Waals surface area contributed by atoms with E-state index in [2.05, 4.69) is 12.3 Å². The van der Waals surface area contributed by atoms with Gasteiger partial charge in [-0.3, -0.25) is 11.3 Å². The van der Waals surface area contributed by atoms with Crippen molar-refractivity contribution in [3.63, 3.8) is 0 Å². The van der Waals surface area contributed by atoms with Crippen LogP contribution in [0.2, 0.25) is 0 Å². The molecule has 2 rings (SSSR count). The molecular weight excluding hydrogens is 172 g/mol. The van der Waals surface area contributed by atoms with Crippen LogP contribution in [0.1, 0.15) is 58.3 Å². The number of rotatable bonds is 4. The van der Waals surface area contributed by atoms with Gasteiger partial charge in [0.15, 0.2) is 0 Å². The van der Waals surface area contributed by atoms with Crippen LogP contribution in [-0.4, -0.2) is 6.04 Å². The summed E-state index contributed by atoms with van der Waals surface area (Å²) in [5.74, 6) is 6.70. The van der Waals surface area contributed by atoms with E-state index in [1.54, 1.807) is 0 Å². The van der Waals surface area contributed by atoms with Gasteiger partial charge in [0.1, 0.15) is 0 Å². The maximum atomic E-state index is 5.71. The minimum Gasteiger partial charge on any atom is -0.271 e. The maximum Gasteiger partial charge on any atom is 0.0266 e. The van der Waals surface area contributed by atoms with Gasteiger partial charge in [-0.2, -0.15) is 0 Å². The highest BCUT2D eigenvalue weighted by Crippen LogP contribution is 2.44. The molecule has 0 aromatic heterocycles. The van der Waals surface area contributed by atoms with Gasteiger partial charge >= 0.3 is 0 Å². The summed E-state index contributed by atoms with van der Waals surface area (Å²) in [7, 11) is 0. The Bertz CT molecular complexity index is 181. The van der Waals surface area contributed by atoms with Crippen molar-refractivity contribution in [1.82, 2.24) is 5.43 Å². The third-order valence-corrected chi connectivity index (χ3v) is 4.30. The predicted octanol–water partition coefficient (Wildman–Crippen LogP) is 2.59. The molecule has 2 saturated carbocycles. The van der Waals surface area contributed by atoms with Gasteiger partial charge in [0, 0.05) is 6.04 Å². The number of nitrogens with one attached hydrogen (secondary N) is 1. The average molecular weight is 196 g/mol. The summed E-state index contributed by atoms with van der Waals surface area (Å²) in [6.07, 6.45) is 11.2. The van der Waals surface area contributed by atoms with E-state index >= 15 is 0 Å². The molecule has 1 unspecified atom stereocenters. The summed E-state index contributed by atoms with van der Waals surface area (Å²) in [4.78, 5) is 0. The Morgan fingerprint density at radius 2 is 1.93 bits per heavy atom. The molecule has 2 heteroatoms. The lowest BCUT2D eigenvalue weighted by Crippen LogP contribution is -2.48. The first-order chi connectivity index (χ1) is 6.74. The molecule has 14 heavy (non-hydrogen) atoms. The summed E-state index contributed by atoms with van der Waals surface area (Å²) in [6, 6.07) is 0.565. The van der Waals surface area contributed by atoms with Crippen LogP contribution in [0.25, 0.3) is 0 Å². The van der Waals surface area contributed by atoms with Crippen LogP contribution in [-0.2, 0) is 0 Å². The number of hydrogen-bond acceptors (Lipinski definition) is 2. The molecule has 0 radical (unpaired) electrons. The van der Waals surface area contributed by atoms with Crippen molar-refractivity contribution in [3.05, 3.63) is 0 Å². The van der Waals surface area contributed by atoms with Crippen LogP contribution in [0.3, 0.4) is 0 Å². The van der Waals surface area contributed by atoms with Gasteiger partial charge in [-0.15, -0.1) is 0 Å². The van der Waals surface area contributed by atoms with Gasteiger partial charge in [-0.1, -0.05) is 39.0 Å². The Balaban J connectivity index is 1.92. The average Bonchev–Trinajstić information content (AvgIpc) is 2.98. The molecule has 2 fully saturated rings. The molecule has 0 saturated heterocycles. The molecule has 82 valence electrons. The minimum absolute atomic E-state index is 0.482. The summed E-state index contributed by atoms with van der Waals surface area (Å²) in [6.45, 7) is 2.43. The molecule has 2 nitrogen and oxygen atoms in total. The zero-order chi connectivity index (χ0) is 10.0. The van der Waals surface area contributed by atoms with E-state index in [0.717, 1.165) is 5.92 Å². The molecule has 0 aliphatic heterocycles. The second-order valence-electron chi connectivity index (χ2n) is 5.61. The molecule has 0 aromatic rings. The van der Waals surface area contributed by atoms with Crippen molar-refractivity contribution in [2.75, 3.05) is 0 Å². The lowest BCUT2D eigenvalue weighted by atomic mass is 9.69. The van der Waals surface area contributed by atoms with Crippen LogP contribution in [0, 0.1) is 11.3 Å². The molecule has 3 N–H and O–H groups in total. The molecule has 2 aliphatic rings. The van der Waals surface area contributed by atoms with Crippen LogP contribution >= 0.6 is 0 Å². The smallest absolute Gasteiger partial charge is 0.0266 e. The Hall–Kier alpha value is -0.0800. The second-order valence-corrected chi connectivity index (χ2v) is 5.61. The molecule has 2 aliphatic carbocycles. The molecule has 0 bridgehead atoms. The predicted molar refractivity (Wildman–Crippen MR) is 59.6 cm³/mol. The van der Waals surface area contributed by atoms with Crippen molar-refractivity contribution >= 4 is 0 Å². The SMILES string of the molecule is CC1(C(CC2CC2)NN)CCCCC1. The van der Waals surface area contributed by atoms with E-state index in [-0.39, 0.29) is 0 Å². The van der Waals surface area contributed by atoms with Crippen LogP contribution < -0.4 is 11.3 Å². The summed E-state index contributed by atoms with van der Waals surface area (Å²) < 4.78 is 0. The van der Waals surface area contributed by atoms with Gasteiger partial charge in [0.2, 0.25) is 0 Å². The van der Waals surface area contributed by atoms with Gasteiger partial charge in [0.05, 0.1) is 0 Å². The Kier molecular flexibility index (Phi) is 3.13. The van der Waals surface area contributed by atoms with Crippen molar-refractivity contribution in [1.29, 1.82) is 0 Å². The molecular formula is C12H24N2. The van der Waals surface area contributed by atoms with Gasteiger partial charge < -0.3 is 0 Å². The molecule has 0 spiro atoms.